The van der Waals surface area contributed by atoms with Crippen LogP contribution in [0.4, 0.5) is 0 Å². The molecule has 3 amide bonds. The van der Waals surface area contributed by atoms with Gasteiger partial charge in [-0.15, -0.1) is 0 Å². The van der Waals surface area contributed by atoms with Gasteiger partial charge in [-0.05, 0) is 62.1 Å². The number of carbonyl (C=O) groups excluding carboxylic acids is 3. The molecule has 40 heavy (non-hydrogen) atoms. The fourth-order valence-corrected chi connectivity index (χ4v) is 7.23. The van der Waals surface area contributed by atoms with Crippen molar-refractivity contribution < 1.29 is 14.4 Å². The summed E-state index contributed by atoms with van der Waals surface area (Å²) in [5, 5.41) is 6.32. The molecule has 7 heteroatoms. The maximum Gasteiger partial charge on any atom is 0.239 e. The Balaban J connectivity index is 1.95. The molecule has 0 aromatic heterocycles. The van der Waals surface area contributed by atoms with Gasteiger partial charge in [-0.1, -0.05) is 97.8 Å². The van der Waals surface area contributed by atoms with Gasteiger partial charge in [-0.3, -0.25) is 14.4 Å². The maximum absolute atomic E-state index is 13.7. The van der Waals surface area contributed by atoms with Crippen LogP contribution >= 0.6 is 0 Å². The minimum absolute atomic E-state index is 0.0324. The molecule has 6 nitrogen and oxygen atoms in total. The first-order valence-electron chi connectivity index (χ1n) is 17.2. The van der Waals surface area contributed by atoms with E-state index in [0.717, 1.165) is 25.7 Å². The molecule has 0 heterocycles. The second kappa shape index (κ2) is 19.6. The molecule has 0 spiro atoms. The van der Waals surface area contributed by atoms with E-state index in [1.165, 1.54) is 89.9 Å². The number of nitrogens with one attached hydrogen (secondary N) is 2. The highest BCUT2D eigenvalue weighted by molar-refractivity contribution is 6.19. The quantitative estimate of drug-likeness (QED) is 0.122. The van der Waals surface area contributed by atoms with Crippen molar-refractivity contribution in [1.29, 1.82) is 0 Å². The van der Waals surface area contributed by atoms with Gasteiger partial charge >= 0.3 is 0 Å². The molecule has 0 aromatic rings. The predicted molar refractivity (Wildman–Crippen MR) is 169 cm³/mol. The van der Waals surface area contributed by atoms with Crippen molar-refractivity contribution in [3.8, 4) is 0 Å². The SMILES string of the molecule is BCC(=O)N(CCNC(=O)C1CC(C)CCC1(CCCCC)CCCCCC)CC(=O)NCC1CCCCCC1. The van der Waals surface area contributed by atoms with E-state index in [4.69, 9.17) is 0 Å². The highest BCUT2D eigenvalue weighted by Crippen LogP contribution is 2.50. The zero-order chi connectivity index (χ0) is 29.2. The van der Waals surface area contributed by atoms with E-state index in [9.17, 15) is 14.4 Å². The van der Waals surface area contributed by atoms with Crippen molar-refractivity contribution in [2.45, 2.75) is 143 Å². The largest absolute Gasteiger partial charge is 0.354 e. The Labute approximate surface area is 247 Å². The van der Waals surface area contributed by atoms with Gasteiger partial charge in [0.1, 0.15) is 7.85 Å². The molecule has 230 valence electrons. The Kier molecular flexibility index (Phi) is 17.0. The lowest BCUT2D eigenvalue weighted by Gasteiger charge is -2.46. The molecule has 2 saturated carbocycles. The van der Waals surface area contributed by atoms with Crippen molar-refractivity contribution in [1.82, 2.24) is 15.5 Å². The maximum atomic E-state index is 13.7. The molecule has 3 atom stereocenters. The van der Waals surface area contributed by atoms with Gasteiger partial charge in [0, 0.05) is 25.6 Å². The van der Waals surface area contributed by atoms with E-state index in [1.807, 2.05) is 7.85 Å². The fourth-order valence-electron chi connectivity index (χ4n) is 7.23. The first-order valence-corrected chi connectivity index (χ1v) is 17.2. The lowest BCUT2D eigenvalue weighted by molar-refractivity contribution is -0.136. The minimum atomic E-state index is -0.0829. The second-order valence-corrected chi connectivity index (χ2v) is 13.2. The summed E-state index contributed by atoms with van der Waals surface area (Å²) >= 11 is 0. The summed E-state index contributed by atoms with van der Waals surface area (Å²) in [7, 11) is 1.84. The number of hydrogen-bond acceptors (Lipinski definition) is 3. The molecule has 2 N–H and O–H groups in total. The Hall–Kier alpha value is -1.53. The first kappa shape index (κ1) is 34.7. The Morgan fingerprint density at radius 1 is 0.875 bits per heavy atom. The summed E-state index contributed by atoms with van der Waals surface area (Å²) in [6.45, 7) is 8.38. The molecule has 0 aromatic carbocycles. The predicted octanol–water partition coefficient (Wildman–Crippen LogP) is 6.04. The van der Waals surface area contributed by atoms with Crippen LogP contribution < -0.4 is 10.6 Å². The van der Waals surface area contributed by atoms with E-state index >= 15 is 0 Å². The summed E-state index contributed by atoms with van der Waals surface area (Å²) < 4.78 is 0. The third-order valence-electron chi connectivity index (χ3n) is 9.87. The lowest BCUT2D eigenvalue weighted by atomic mass is 9.59. The summed E-state index contributed by atoms with van der Waals surface area (Å²) in [5.41, 5.74) is 0.107. The molecule has 0 aliphatic heterocycles. The summed E-state index contributed by atoms with van der Waals surface area (Å²) in [6, 6.07) is 0. The van der Waals surface area contributed by atoms with Crippen LogP contribution in [0.1, 0.15) is 136 Å². The topological polar surface area (TPSA) is 78.5 Å². The third kappa shape index (κ3) is 12.1. The van der Waals surface area contributed by atoms with E-state index in [1.54, 1.807) is 4.90 Å². The van der Waals surface area contributed by atoms with Gasteiger partial charge in [0.25, 0.3) is 0 Å². The zero-order valence-corrected chi connectivity index (χ0v) is 26.7. The van der Waals surface area contributed by atoms with Crippen molar-refractivity contribution in [2.75, 3.05) is 26.2 Å². The van der Waals surface area contributed by atoms with Crippen molar-refractivity contribution in [2.24, 2.45) is 23.2 Å². The Morgan fingerprint density at radius 3 is 2.17 bits per heavy atom. The third-order valence-corrected chi connectivity index (χ3v) is 9.87. The van der Waals surface area contributed by atoms with Crippen LogP contribution in [0.3, 0.4) is 0 Å². The van der Waals surface area contributed by atoms with Crippen molar-refractivity contribution in [3.63, 3.8) is 0 Å². The minimum Gasteiger partial charge on any atom is -0.354 e. The molecule has 2 aliphatic carbocycles. The van der Waals surface area contributed by atoms with Crippen LogP contribution in [0.5, 0.6) is 0 Å². The summed E-state index contributed by atoms with van der Waals surface area (Å²) in [6.07, 6.45) is 22.1. The molecule has 3 unspecified atom stereocenters. The standard InChI is InChI=1S/C33H62BN3O3/c1-4-6-8-14-19-33(18-13-7-5-2)20-17-27(3)23-29(33)32(40)35-21-22-37(31(39)24-34)26-30(38)36-25-28-15-11-9-10-12-16-28/h27-29H,4-26,34H2,1-3H3,(H,35,40)(H,36,38). The van der Waals surface area contributed by atoms with Crippen LogP contribution in [0, 0.1) is 23.2 Å². The first-order chi connectivity index (χ1) is 19.3. The molecule has 2 aliphatic rings. The number of hydrogen-bond donors (Lipinski definition) is 2. The highest BCUT2D eigenvalue weighted by Gasteiger charge is 2.45. The molecule has 0 bridgehead atoms. The molecule has 0 radical (unpaired) electrons. The van der Waals surface area contributed by atoms with Crippen molar-refractivity contribution >= 4 is 25.6 Å². The van der Waals surface area contributed by atoms with Gasteiger partial charge in [-0.2, -0.15) is 0 Å². The van der Waals surface area contributed by atoms with Gasteiger partial charge in [0.2, 0.25) is 17.7 Å². The normalized spacial score (nSPS) is 23.8. The van der Waals surface area contributed by atoms with Crippen LogP contribution in [-0.4, -0.2) is 56.6 Å². The Morgan fingerprint density at radius 2 is 1.52 bits per heavy atom. The van der Waals surface area contributed by atoms with E-state index in [2.05, 4.69) is 31.4 Å². The van der Waals surface area contributed by atoms with Crippen LogP contribution in [-0.2, 0) is 14.4 Å². The smallest absolute Gasteiger partial charge is 0.239 e. The van der Waals surface area contributed by atoms with Crippen molar-refractivity contribution in [3.05, 3.63) is 0 Å². The molecular weight excluding hydrogens is 497 g/mol. The molecular formula is C33H62BN3O3. The number of amides is 3. The monoisotopic (exact) mass is 559 g/mol. The van der Waals surface area contributed by atoms with Gasteiger partial charge in [0.15, 0.2) is 0 Å². The van der Waals surface area contributed by atoms with Gasteiger partial charge in [0.05, 0.1) is 6.54 Å². The lowest BCUT2D eigenvalue weighted by Crippen LogP contribution is -2.48. The zero-order valence-electron chi connectivity index (χ0n) is 26.7. The van der Waals surface area contributed by atoms with Crippen LogP contribution in [0.2, 0.25) is 6.32 Å². The highest BCUT2D eigenvalue weighted by atomic mass is 16.2. The summed E-state index contributed by atoms with van der Waals surface area (Å²) in [5.74, 6) is 1.23. The van der Waals surface area contributed by atoms with Crippen LogP contribution in [0.15, 0.2) is 0 Å². The summed E-state index contributed by atoms with van der Waals surface area (Å²) in [4.78, 5) is 40.8. The van der Waals surface area contributed by atoms with Gasteiger partial charge in [-0.25, -0.2) is 0 Å². The van der Waals surface area contributed by atoms with E-state index in [-0.39, 0.29) is 35.6 Å². The van der Waals surface area contributed by atoms with E-state index < -0.39 is 0 Å². The van der Waals surface area contributed by atoms with Crippen LogP contribution in [0.25, 0.3) is 0 Å². The number of nitrogens with zero attached hydrogens (tertiary/aromatic N) is 1. The average molecular weight is 560 g/mol. The molecule has 2 rings (SSSR count). The second-order valence-electron chi connectivity index (χ2n) is 13.2. The number of carbonyl (C=O) groups is 3. The Bertz CT molecular complexity index is 740. The molecule has 2 fully saturated rings. The molecule has 0 saturated heterocycles. The fraction of sp³-hybridized carbons (Fsp3) is 0.909. The number of rotatable bonds is 18. The average Bonchev–Trinajstić information content (AvgIpc) is 3.23. The van der Waals surface area contributed by atoms with Gasteiger partial charge < -0.3 is 15.5 Å². The number of unbranched alkanes of at least 4 members (excludes halogenated alkanes) is 5. The van der Waals surface area contributed by atoms with E-state index in [0.29, 0.717) is 37.8 Å².